The van der Waals surface area contributed by atoms with Gasteiger partial charge in [0.15, 0.2) is 24.8 Å². The van der Waals surface area contributed by atoms with Gasteiger partial charge in [0.2, 0.25) is 0 Å². The predicted molar refractivity (Wildman–Crippen MR) is 224 cm³/mol. The summed E-state index contributed by atoms with van der Waals surface area (Å²) >= 11 is 0. The number of hydrogen-bond acceptors (Lipinski definition) is 3. The van der Waals surface area contributed by atoms with Gasteiger partial charge in [-0.25, -0.2) is 14.5 Å². The normalized spacial score (nSPS) is 11.9. The first-order valence-electron chi connectivity index (χ1n) is 18.1. The van der Waals surface area contributed by atoms with Crippen LogP contribution in [0.15, 0.2) is 189 Å². The van der Waals surface area contributed by atoms with E-state index in [-0.39, 0.29) is 6.16 Å². The van der Waals surface area contributed by atoms with Crippen LogP contribution >= 0.6 is 7.60 Å². The van der Waals surface area contributed by atoms with Crippen LogP contribution in [0.5, 0.6) is 0 Å². The molecule has 0 unspecified atom stereocenters. The van der Waals surface area contributed by atoms with Crippen molar-refractivity contribution in [2.75, 3.05) is 0 Å². The second kappa shape index (κ2) is 16.8. The SMILES string of the molecule is C=C/C=C(\C=C/C)c1ccc(-c2ccc(-c3cc(-c4ccc(-c5cc[n+](Cc6ccc(CP(=O)(O)O)cc6)cc5)cc4)nc(-c4ccccc4)n3)cc2)cc1. The maximum atomic E-state index is 11.3. The van der Waals surface area contributed by atoms with Crippen LogP contribution in [0.2, 0.25) is 0 Å². The van der Waals surface area contributed by atoms with Gasteiger partial charge in [-0.3, -0.25) is 4.57 Å². The highest BCUT2D eigenvalue weighted by atomic mass is 31.2. The first kappa shape index (κ1) is 37.0. The molecule has 0 aliphatic heterocycles. The predicted octanol–water partition coefficient (Wildman–Crippen LogP) is 11.0. The van der Waals surface area contributed by atoms with E-state index >= 15 is 0 Å². The molecule has 0 amide bonds. The summed E-state index contributed by atoms with van der Waals surface area (Å²) in [5, 5.41) is 0. The molecule has 0 aliphatic rings. The van der Waals surface area contributed by atoms with E-state index in [0.29, 0.717) is 17.9 Å². The highest BCUT2D eigenvalue weighted by molar-refractivity contribution is 7.50. The Balaban J connectivity index is 1.11. The van der Waals surface area contributed by atoms with E-state index in [2.05, 4.69) is 108 Å². The third-order valence-corrected chi connectivity index (χ3v) is 10.1. The molecular formula is C48H41N3O3P+. The Morgan fingerprint density at radius 1 is 0.636 bits per heavy atom. The molecule has 0 aliphatic carbocycles. The van der Waals surface area contributed by atoms with Crippen molar-refractivity contribution in [2.24, 2.45) is 0 Å². The van der Waals surface area contributed by atoms with Gasteiger partial charge >= 0.3 is 7.60 Å². The van der Waals surface area contributed by atoms with Crippen molar-refractivity contribution in [2.45, 2.75) is 19.6 Å². The molecule has 0 fully saturated rings. The Morgan fingerprint density at radius 3 is 1.64 bits per heavy atom. The lowest BCUT2D eigenvalue weighted by atomic mass is 9.98. The van der Waals surface area contributed by atoms with Crippen LogP contribution in [0.4, 0.5) is 0 Å². The first-order chi connectivity index (χ1) is 26.7. The maximum absolute atomic E-state index is 11.3. The molecule has 0 saturated heterocycles. The Kier molecular flexibility index (Phi) is 11.3. The molecule has 0 spiro atoms. The zero-order valence-corrected chi connectivity index (χ0v) is 31.4. The molecule has 0 bridgehead atoms. The number of allylic oxidation sites excluding steroid dienone is 5. The quantitative estimate of drug-likeness (QED) is 0.0740. The number of benzene rings is 5. The fourth-order valence-corrected chi connectivity index (χ4v) is 7.18. The van der Waals surface area contributed by atoms with Gasteiger partial charge in [0, 0.05) is 34.4 Å². The minimum absolute atomic E-state index is 0.251. The summed E-state index contributed by atoms with van der Waals surface area (Å²) in [6, 6.07) is 49.3. The van der Waals surface area contributed by atoms with E-state index in [1.807, 2.05) is 80.0 Å². The fourth-order valence-electron chi connectivity index (χ4n) is 6.49. The van der Waals surface area contributed by atoms with Crippen molar-refractivity contribution in [1.82, 2.24) is 9.97 Å². The molecule has 270 valence electrons. The second-order valence-electron chi connectivity index (χ2n) is 13.3. The lowest BCUT2D eigenvalue weighted by Gasteiger charge is -2.11. The van der Waals surface area contributed by atoms with Crippen LogP contribution in [0.1, 0.15) is 23.6 Å². The molecule has 2 aromatic heterocycles. The first-order valence-corrected chi connectivity index (χ1v) is 19.9. The van der Waals surface area contributed by atoms with Crippen LogP contribution in [0, 0.1) is 0 Å². The van der Waals surface area contributed by atoms with E-state index in [1.54, 1.807) is 12.1 Å². The molecule has 6 nitrogen and oxygen atoms in total. The van der Waals surface area contributed by atoms with Gasteiger partial charge in [-0.1, -0.05) is 158 Å². The van der Waals surface area contributed by atoms with Crippen molar-refractivity contribution in [3.05, 3.63) is 206 Å². The molecule has 7 aromatic rings. The summed E-state index contributed by atoms with van der Waals surface area (Å²) in [6.07, 6.45) is 11.8. The van der Waals surface area contributed by atoms with Gasteiger partial charge in [0.05, 0.1) is 17.5 Å². The van der Waals surface area contributed by atoms with Crippen molar-refractivity contribution >= 4 is 13.2 Å². The van der Waals surface area contributed by atoms with Crippen molar-refractivity contribution in [3.8, 4) is 56.2 Å². The molecule has 7 rings (SSSR count). The zero-order valence-electron chi connectivity index (χ0n) is 30.5. The summed E-state index contributed by atoms with van der Waals surface area (Å²) in [5.74, 6) is 0.672. The zero-order chi connectivity index (χ0) is 38.2. The van der Waals surface area contributed by atoms with Gasteiger partial charge in [-0.05, 0) is 51.9 Å². The standard InChI is InChI=1S/C48H40N3O3P/c1-3-8-37(9-4-2)38-16-18-39(19-17-38)40-20-24-43(25-21-40)46-32-47(50-48(49-46)45-10-6-5-7-11-45)44-26-22-41(23-27-44)42-28-30-51(31-29-42)33-35-12-14-36(15-13-35)34-55(52,53)54/h3-32H,1,33-34H2,2H3,(H-,52,53,54)/p+1/b9-4-,37-8+. The summed E-state index contributed by atoms with van der Waals surface area (Å²) < 4.78 is 13.4. The van der Waals surface area contributed by atoms with Crippen LogP contribution in [0.3, 0.4) is 0 Å². The topological polar surface area (TPSA) is 87.2 Å². The number of pyridine rings is 1. The van der Waals surface area contributed by atoms with E-state index in [4.69, 9.17) is 9.97 Å². The van der Waals surface area contributed by atoms with Gasteiger partial charge < -0.3 is 9.79 Å². The molecule has 0 atom stereocenters. The minimum Gasteiger partial charge on any atom is -0.324 e. The highest BCUT2D eigenvalue weighted by Gasteiger charge is 2.15. The Labute approximate surface area is 322 Å². The fraction of sp³-hybridized carbons (Fsp3) is 0.0625. The molecule has 55 heavy (non-hydrogen) atoms. The van der Waals surface area contributed by atoms with Crippen molar-refractivity contribution in [1.29, 1.82) is 0 Å². The third kappa shape index (κ3) is 9.45. The number of rotatable bonds is 12. The van der Waals surface area contributed by atoms with E-state index in [1.165, 1.54) is 0 Å². The van der Waals surface area contributed by atoms with Crippen molar-refractivity contribution < 1.29 is 18.9 Å². The van der Waals surface area contributed by atoms with E-state index in [0.717, 1.165) is 67.0 Å². The monoisotopic (exact) mass is 738 g/mol. The Morgan fingerprint density at radius 2 is 1.13 bits per heavy atom. The van der Waals surface area contributed by atoms with Crippen LogP contribution in [0.25, 0.3) is 61.7 Å². The number of hydrogen-bond donors (Lipinski definition) is 2. The summed E-state index contributed by atoms with van der Waals surface area (Å²) in [6.45, 7) is 6.52. The van der Waals surface area contributed by atoms with Gasteiger partial charge in [0.1, 0.15) is 0 Å². The summed E-state index contributed by atoms with van der Waals surface area (Å²) in [5.41, 5.74) is 13.1. The lowest BCUT2D eigenvalue weighted by Crippen LogP contribution is -2.32. The summed E-state index contributed by atoms with van der Waals surface area (Å²) in [4.78, 5) is 28.5. The van der Waals surface area contributed by atoms with Crippen LogP contribution in [-0.4, -0.2) is 19.8 Å². The Bertz CT molecular complexity index is 2500. The lowest BCUT2D eigenvalue weighted by molar-refractivity contribution is -0.688. The number of nitrogens with zero attached hydrogens (tertiary/aromatic N) is 3. The summed E-state index contributed by atoms with van der Waals surface area (Å²) in [7, 11) is -4.09. The maximum Gasteiger partial charge on any atom is 0.329 e. The molecular weight excluding hydrogens is 698 g/mol. The molecule has 5 aromatic carbocycles. The average Bonchev–Trinajstić information content (AvgIpc) is 3.22. The molecule has 2 N–H and O–H groups in total. The largest absolute Gasteiger partial charge is 0.329 e. The van der Waals surface area contributed by atoms with Gasteiger partial charge in [-0.15, -0.1) is 0 Å². The average molecular weight is 739 g/mol. The molecule has 2 heterocycles. The molecule has 0 radical (unpaired) electrons. The highest BCUT2D eigenvalue weighted by Crippen LogP contribution is 2.39. The Hall–Kier alpha value is -6.30. The minimum atomic E-state index is -4.09. The van der Waals surface area contributed by atoms with Crippen LogP contribution in [-0.2, 0) is 17.3 Å². The van der Waals surface area contributed by atoms with Gasteiger partial charge in [-0.2, -0.15) is 0 Å². The molecule has 7 heteroatoms. The van der Waals surface area contributed by atoms with Crippen LogP contribution < -0.4 is 4.57 Å². The van der Waals surface area contributed by atoms with E-state index in [9.17, 15) is 14.4 Å². The number of aromatic nitrogens is 3. The second-order valence-corrected chi connectivity index (χ2v) is 15.0. The third-order valence-electron chi connectivity index (χ3n) is 9.32. The van der Waals surface area contributed by atoms with E-state index < -0.39 is 7.60 Å². The van der Waals surface area contributed by atoms with Crippen molar-refractivity contribution in [3.63, 3.8) is 0 Å². The molecule has 0 saturated carbocycles. The van der Waals surface area contributed by atoms with Gasteiger partial charge in [0.25, 0.3) is 0 Å². The smallest absolute Gasteiger partial charge is 0.324 e.